The van der Waals surface area contributed by atoms with Crippen molar-refractivity contribution in [2.45, 2.75) is 18.2 Å². The summed E-state index contributed by atoms with van der Waals surface area (Å²) in [5.74, 6) is 0. The highest BCUT2D eigenvalue weighted by molar-refractivity contribution is 5.66. The van der Waals surface area contributed by atoms with Crippen LogP contribution in [0.25, 0.3) is 0 Å². The van der Waals surface area contributed by atoms with E-state index >= 15 is 0 Å². The van der Waals surface area contributed by atoms with Crippen LogP contribution in [0.1, 0.15) is 0 Å². The van der Waals surface area contributed by atoms with Gasteiger partial charge in [-0.3, -0.25) is 4.90 Å². The minimum absolute atomic E-state index is 0.151. The van der Waals surface area contributed by atoms with E-state index in [4.69, 9.17) is 20.4 Å². The van der Waals surface area contributed by atoms with E-state index in [1.807, 2.05) is 0 Å². The lowest BCUT2D eigenvalue weighted by Crippen LogP contribution is -2.41. The minimum Gasteiger partial charge on any atom is -0.465 e. The molecular formula is C6H11NO5. The third kappa shape index (κ3) is 1.36. The maximum absolute atomic E-state index is 10.5. The molecule has 0 spiro atoms. The Morgan fingerprint density at radius 1 is 1.50 bits per heavy atom. The van der Waals surface area contributed by atoms with Crippen molar-refractivity contribution in [2.75, 3.05) is 13.2 Å². The molecule has 1 amide bonds. The van der Waals surface area contributed by atoms with Crippen molar-refractivity contribution in [1.29, 1.82) is 0 Å². The summed E-state index contributed by atoms with van der Waals surface area (Å²) >= 11 is 0. The van der Waals surface area contributed by atoms with Crippen molar-refractivity contribution in [3.63, 3.8) is 0 Å². The highest BCUT2D eigenvalue weighted by Gasteiger charge is 2.41. The van der Waals surface area contributed by atoms with Gasteiger partial charge in [0, 0.05) is 0 Å². The van der Waals surface area contributed by atoms with Gasteiger partial charge in [-0.25, -0.2) is 4.79 Å². The monoisotopic (exact) mass is 177 g/mol. The number of hydrogen-bond donors (Lipinski definition) is 4. The van der Waals surface area contributed by atoms with Crippen LogP contribution in [0.3, 0.4) is 0 Å². The highest BCUT2D eigenvalue weighted by Crippen LogP contribution is 2.17. The smallest absolute Gasteiger partial charge is 0.407 e. The molecule has 3 unspecified atom stereocenters. The zero-order chi connectivity index (χ0) is 9.30. The van der Waals surface area contributed by atoms with Crippen LogP contribution in [-0.4, -0.2) is 62.8 Å². The number of β-amino-alcohol motifs (C(OH)–C–C–N with tert-alkyl or cyclic N) is 1. The number of likely N-dealkylation sites (tertiary alicyclic amines) is 1. The van der Waals surface area contributed by atoms with Crippen molar-refractivity contribution >= 4 is 6.09 Å². The Morgan fingerprint density at radius 3 is 2.42 bits per heavy atom. The molecule has 0 aromatic rings. The molecule has 6 nitrogen and oxygen atoms in total. The van der Waals surface area contributed by atoms with Gasteiger partial charge in [-0.15, -0.1) is 0 Å². The Morgan fingerprint density at radius 2 is 2.08 bits per heavy atom. The first kappa shape index (κ1) is 9.24. The number of amides is 1. The van der Waals surface area contributed by atoms with Crippen LogP contribution >= 0.6 is 0 Å². The Labute approximate surface area is 68.7 Å². The third-order valence-corrected chi connectivity index (χ3v) is 2.01. The molecule has 70 valence electrons. The standard InChI is InChI=1S/C6H11NO5/c8-2-3-5(10)4(9)1-7(3)6(11)12/h3-5,8-10H,1-2H2,(H,11,12). The van der Waals surface area contributed by atoms with Crippen LogP contribution in [0.5, 0.6) is 0 Å². The fraction of sp³-hybridized carbons (Fsp3) is 0.833. The number of aliphatic hydroxyl groups is 3. The van der Waals surface area contributed by atoms with Crippen molar-refractivity contribution in [3.05, 3.63) is 0 Å². The molecule has 0 aromatic heterocycles. The summed E-state index contributed by atoms with van der Waals surface area (Å²) in [4.78, 5) is 11.3. The molecule has 1 heterocycles. The Bertz CT molecular complexity index is 185. The minimum atomic E-state index is -1.25. The Kier molecular flexibility index (Phi) is 2.51. The second kappa shape index (κ2) is 3.26. The zero-order valence-electron chi connectivity index (χ0n) is 6.29. The first-order valence-corrected chi connectivity index (χ1v) is 3.54. The molecule has 1 fully saturated rings. The summed E-state index contributed by atoms with van der Waals surface area (Å²) in [7, 11) is 0. The van der Waals surface area contributed by atoms with Gasteiger partial charge in [0.2, 0.25) is 0 Å². The summed E-state index contributed by atoms with van der Waals surface area (Å²) < 4.78 is 0. The number of aliphatic hydroxyl groups excluding tert-OH is 3. The van der Waals surface area contributed by atoms with E-state index in [0.717, 1.165) is 4.90 Å². The van der Waals surface area contributed by atoms with Gasteiger partial charge >= 0.3 is 6.09 Å². The quantitative estimate of drug-likeness (QED) is 0.373. The van der Waals surface area contributed by atoms with Crippen molar-refractivity contribution in [2.24, 2.45) is 0 Å². The van der Waals surface area contributed by atoms with E-state index in [2.05, 4.69) is 0 Å². The number of carbonyl (C=O) groups is 1. The normalized spacial score (nSPS) is 35.6. The average Bonchev–Trinajstić information content (AvgIpc) is 2.29. The number of rotatable bonds is 1. The second-order valence-electron chi connectivity index (χ2n) is 2.74. The summed E-state index contributed by atoms with van der Waals surface area (Å²) in [5, 5.41) is 35.5. The van der Waals surface area contributed by atoms with Crippen molar-refractivity contribution < 1.29 is 25.2 Å². The van der Waals surface area contributed by atoms with E-state index in [1.54, 1.807) is 0 Å². The van der Waals surface area contributed by atoms with Crippen LogP contribution in [0.15, 0.2) is 0 Å². The lowest BCUT2D eigenvalue weighted by molar-refractivity contribution is 0.0223. The average molecular weight is 177 g/mol. The SMILES string of the molecule is O=C(O)N1CC(O)C(O)C1CO. The largest absolute Gasteiger partial charge is 0.465 e. The van der Waals surface area contributed by atoms with Gasteiger partial charge < -0.3 is 20.4 Å². The molecule has 1 aliphatic heterocycles. The molecule has 1 rings (SSSR count). The zero-order valence-corrected chi connectivity index (χ0v) is 6.29. The van der Waals surface area contributed by atoms with Gasteiger partial charge in [0.15, 0.2) is 0 Å². The summed E-state index contributed by atoms with van der Waals surface area (Å²) in [6.07, 6.45) is -3.53. The van der Waals surface area contributed by atoms with E-state index in [1.165, 1.54) is 0 Å². The summed E-state index contributed by atoms with van der Waals surface area (Å²) in [6.45, 7) is -0.633. The molecule has 0 bridgehead atoms. The molecular weight excluding hydrogens is 166 g/mol. The van der Waals surface area contributed by atoms with Gasteiger partial charge in [0.1, 0.15) is 6.10 Å². The van der Waals surface area contributed by atoms with Crippen LogP contribution in [-0.2, 0) is 0 Å². The van der Waals surface area contributed by atoms with E-state index in [-0.39, 0.29) is 6.54 Å². The van der Waals surface area contributed by atoms with Crippen LogP contribution in [0, 0.1) is 0 Å². The van der Waals surface area contributed by atoms with Gasteiger partial charge in [-0.2, -0.15) is 0 Å². The predicted molar refractivity (Wildman–Crippen MR) is 37.6 cm³/mol. The molecule has 12 heavy (non-hydrogen) atoms. The summed E-state index contributed by atoms with van der Waals surface area (Å²) in [5.41, 5.74) is 0. The van der Waals surface area contributed by atoms with Crippen molar-refractivity contribution in [1.82, 2.24) is 4.90 Å². The molecule has 3 atom stereocenters. The Balaban J connectivity index is 2.71. The topological polar surface area (TPSA) is 101 Å². The lowest BCUT2D eigenvalue weighted by atomic mass is 10.1. The number of hydrogen-bond acceptors (Lipinski definition) is 4. The Hall–Kier alpha value is -0.850. The van der Waals surface area contributed by atoms with Gasteiger partial charge in [0.25, 0.3) is 0 Å². The number of carboxylic acid groups (broad SMARTS) is 1. The van der Waals surface area contributed by atoms with E-state index in [9.17, 15) is 4.79 Å². The van der Waals surface area contributed by atoms with Crippen LogP contribution in [0.4, 0.5) is 4.79 Å². The molecule has 0 aliphatic carbocycles. The molecule has 0 aromatic carbocycles. The predicted octanol–water partition coefficient (Wildman–Crippen LogP) is -1.94. The second-order valence-corrected chi connectivity index (χ2v) is 2.74. The first-order chi connectivity index (χ1) is 5.57. The molecule has 6 heteroatoms. The maximum Gasteiger partial charge on any atom is 0.407 e. The molecule has 1 saturated heterocycles. The molecule has 1 aliphatic rings. The highest BCUT2D eigenvalue weighted by atomic mass is 16.4. The lowest BCUT2D eigenvalue weighted by Gasteiger charge is -2.20. The third-order valence-electron chi connectivity index (χ3n) is 2.01. The van der Waals surface area contributed by atoms with E-state index in [0.29, 0.717) is 0 Å². The van der Waals surface area contributed by atoms with Gasteiger partial charge in [-0.05, 0) is 0 Å². The molecule has 4 N–H and O–H groups in total. The van der Waals surface area contributed by atoms with Crippen LogP contribution in [0.2, 0.25) is 0 Å². The maximum atomic E-state index is 10.5. The first-order valence-electron chi connectivity index (χ1n) is 3.54. The summed E-state index contributed by atoms with van der Waals surface area (Å²) in [6, 6.07) is -0.905. The molecule has 0 radical (unpaired) electrons. The number of nitrogens with zero attached hydrogens (tertiary/aromatic N) is 1. The van der Waals surface area contributed by atoms with E-state index < -0.39 is 30.9 Å². The van der Waals surface area contributed by atoms with Gasteiger partial charge in [-0.1, -0.05) is 0 Å². The fourth-order valence-corrected chi connectivity index (χ4v) is 1.31. The fourth-order valence-electron chi connectivity index (χ4n) is 1.31. The van der Waals surface area contributed by atoms with Gasteiger partial charge in [0.05, 0.1) is 25.3 Å². The van der Waals surface area contributed by atoms with Crippen molar-refractivity contribution in [3.8, 4) is 0 Å². The molecule has 0 saturated carbocycles. The van der Waals surface area contributed by atoms with Crippen LogP contribution < -0.4 is 0 Å².